The van der Waals surface area contributed by atoms with Crippen LogP contribution in [-0.2, 0) is 0 Å². The summed E-state index contributed by atoms with van der Waals surface area (Å²) in [5.74, 6) is 0.525. The molecular formula is C26H29N5O2. The molecule has 1 amide bonds. The minimum Gasteiger partial charge on any atom is -0.497 e. The highest BCUT2D eigenvalue weighted by atomic mass is 16.5. The molecule has 0 spiro atoms. The highest BCUT2D eigenvalue weighted by Crippen LogP contribution is 2.26. The Kier molecular flexibility index (Phi) is 6.70. The van der Waals surface area contributed by atoms with Crippen LogP contribution in [0.3, 0.4) is 0 Å². The van der Waals surface area contributed by atoms with Crippen molar-refractivity contribution in [3.05, 3.63) is 77.7 Å². The summed E-state index contributed by atoms with van der Waals surface area (Å²) in [7, 11) is 1.64. The standard InChI is InChI=1S/C26H29N5O2/c1-16(2)28-15-25(20-6-5-7-21(12-20)33-4)29-26(32)24-14-19(10-11-27-24)18-8-9-23-22(13-18)17(3)30-31-23/h5-14,16,25,28H,15H2,1-4H3,(H,29,32)(H,30,31). The van der Waals surface area contributed by atoms with E-state index in [1.54, 1.807) is 13.3 Å². The highest BCUT2D eigenvalue weighted by Gasteiger charge is 2.18. The average Bonchev–Trinajstić information content (AvgIpc) is 3.21. The van der Waals surface area contributed by atoms with Gasteiger partial charge in [-0.15, -0.1) is 0 Å². The highest BCUT2D eigenvalue weighted by molar-refractivity contribution is 5.94. The molecule has 0 bridgehead atoms. The molecule has 33 heavy (non-hydrogen) atoms. The molecule has 0 saturated heterocycles. The fourth-order valence-corrected chi connectivity index (χ4v) is 3.75. The van der Waals surface area contributed by atoms with Gasteiger partial charge in [0.1, 0.15) is 11.4 Å². The van der Waals surface area contributed by atoms with Crippen molar-refractivity contribution in [1.82, 2.24) is 25.8 Å². The molecule has 0 aliphatic rings. The Labute approximate surface area is 193 Å². The number of aryl methyl sites for hydroxylation is 1. The number of ether oxygens (including phenoxy) is 1. The van der Waals surface area contributed by atoms with E-state index in [0.717, 1.165) is 39.0 Å². The molecule has 0 aliphatic carbocycles. The van der Waals surface area contributed by atoms with Crippen LogP contribution in [0.4, 0.5) is 0 Å². The van der Waals surface area contributed by atoms with Crippen molar-refractivity contribution in [2.24, 2.45) is 0 Å². The van der Waals surface area contributed by atoms with Crippen LogP contribution in [0.1, 0.15) is 41.6 Å². The summed E-state index contributed by atoms with van der Waals surface area (Å²) < 4.78 is 5.37. The lowest BCUT2D eigenvalue weighted by molar-refractivity contribution is 0.0930. The van der Waals surface area contributed by atoms with Crippen molar-refractivity contribution in [2.75, 3.05) is 13.7 Å². The third-order valence-electron chi connectivity index (χ3n) is 5.60. The number of hydrogen-bond donors (Lipinski definition) is 3. The summed E-state index contributed by atoms with van der Waals surface area (Å²) in [6.07, 6.45) is 1.67. The van der Waals surface area contributed by atoms with Crippen LogP contribution in [0, 0.1) is 6.92 Å². The van der Waals surface area contributed by atoms with Gasteiger partial charge in [-0.1, -0.05) is 32.0 Å². The Morgan fingerprint density at radius 3 is 2.70 bits per heavy atom. The van der Waals surface area contributed by atoms with Crippen molar-refractivity contribution in [3.8, 4) is 16.9 Å². The molecule has 2 aromatic carbocycles. The Balaban J connectivity index is 1.59. The smallest absolute Gasteiger partial charge is 0.270 e. The number of carbonyl (C=O) groups excluding carboxylic acids is 1. The van der Waals surface area contributed by atoms with E-state index in [2.05, 4.69) is 45.7 Å². The summed E-state index contributed by atoms with van der Waals surface area (Å²) in [5, 5.41) is 14.9. The first kappa shape index (κ1) is 22.5. The lowest BCUT2D eigenvalue weighted by Gasteiger charge is -2.21. The summed E-state index contributed by atoms with van der Waals surface area (Å²) in [5.41, 5.74) is 5.20. The number of aromatic amines is 1. The van der Waals surface area contributed by atoms with E-state index in [0.29, 0.717) is 12.2 Å². The van der Waals surface area contributed by atoms with E-state index < -0.39 is 0 Å². The van der Waals surface area contributed by atoms with Gasteiger partial charge in [-0.05, 0) is 60.0 Å². The molecule has 0 aliphatic heterocycles. The molecule has 1 atom stereocenters. The molecular weight excluding hydrogens is 414 g/mol. The van der Waals surface area contributed by atoms with Crippen molar-refractivity contribution >= 4 is 16.8 Å². The first-order chi connectivity index (χ1) is 15.9. The molecule has 4 rings (SSSR count). The quantitative estimate of drug-likeness (QED) is 0.375. The van der Waals surface area contributed by atoms with Gasteiger partial charge in [0.05, 0.1) is 18.7 Å². The molecule has 0 radical (unpaired) electrons. The number of H-pyrrole nitrogens is 1. The normalized spacial score (nSPS) is 12.2. The summed E-state index contributed by atoms with van der Waals surface area (Å²) in [6, 6.07) is 17.6. The van der Waals surface area contributed by atoms with Crippen LogP contribution in [-0.4, -0.2) is 40.8 Å². The molecule has 7 heteroatoms. The van der Waals surface area contributed by atoms with Gasteiger partial charge < -0.3 is 15.4 Å². The zero-order valence-corrected chi connectivity index (χ0v) is 19.3. The van der Waals surface area contributed by atoms with E-state index >= 15 is 0 Å². The summed E-state index contributed by atoms with van der Waals surface area (Å²) in [4.78, 5) is 17.5. The second kappa shape index (κ2) is 9.83. The van der Waals surface area contributed by atoms with E-state index in [1.807, 2.05) is 55.5 Å². The van der Waals surface area contributed by atoms with Crippen molar-refractivity contribution in [1.29, 1.82) is 0 Å². The predicted octanol–water partition coefficient (Wildman–Crippen LogP) is 4.41. The number of methoxy groups -OCH3 is 1. The number of fused-ring (bicyclic) bond motifs is 1. The second-order valence-corrected chi connectivity index (χ2v) is 8.38. The van der Waals surface area contributed by atoms with E-state index in [1.165, 1.54) is 0 Å². The van der Waals surface area contributed by atoms with Gasteiger partial charge in [0.2, 0.25) is 0 Å². The summed E-state index contributed by atoms with van der Waals surface area (Å²) in [6.45, 7) is 6.74. The topological polar surface area (TPSA) is 91.9 Å². The van der Waals surface area contributed by atoms with Crippen LogP contribution in [0.5, 0.6) is 5.75 Å². The van der Waals surface area contributed by atoms with Crippen LogP contribution >= 0.6 is 0 Å². The van der Waals surface area contributed by atoms with Crippen LogP contribution in [0.15, 0.2) is 60.8 Å². The number of aromatic nitrogens is 3. The Morgan fingerprint density at radius 2 is 1.91 bits per heavy atom. The lowest BCUT2D eigenvalue weighted by Crippen LogP contribution is -2.38. The van der Waals surface area contributed by atoms with E-state index in [9.17, 15) is 4.79 Å². The minimum atomic E-state index is -0.231. The number of hydrogen-bond acceptors (Lipinski definition) is 5. The average molecular weight is 444 g/mol. The predicted molar refractivity (Wildman–Crippen MR) is 130 cm³/mol. The second-order valence-electron chi connectivity index (χ2n) is 8.38. The molecule has 170 valence electrons. The third kappa shape index (κ3) is 5.21. The van der Waals surface area contributed by atoms with Gasteiger partial charge in [-0.3, -0.25) is 14.9 Å². The number of rotatable bonds is 8. The molecule has 7 nitrogen and oxygen atoms in total. The van der Waals surface area contributed by atoms with Crippen LogP contribution in [0.2, 0.25) is 0 Å². The maximum atomic E-state index is 13.2. The SMILES string of the molecule is COc1cccc(C(CNC(C)C)NC(=O)c2cc(-c3ccc4n[nH]c(C)c4c3)ccn2)c1. The molecule has 2 aromatic heterocycles. The zero-order valence-electron chi connectivity index (χ0n) is 19.3. The van der Waals surface area contributed by atoms with Gasteiger partial charge in [-0.2, -0.15) is 5.10 Å². The number of nitrogens with zero attached hydrogens (tertiary/aromatic N) is 2. The molecule has 0 fully saturated rings. The van der Waals surface area contributed by atoms with Crippen LogP contribution < -0.4 is 15.4 Å². The minimum absolute atomic E-state index is 0.226. The van der Waals surface area contributed by atoms with Gasteiger partial charge in [0.25, 0.3) is 5.91 Å². The fourth-order valence-electron chi connectivity index (χ4n) is 3.75. The number of pyridine rings is 1. The number of nitrogens with one attached hydrogen (secondary N) is 3. The fraction of sp³-hybridized carbons (Fsp3) is 0.269. The first-order valence-electron chi connectivity index (χ1n) is 11.0. The lowest BCUT2D eigenvalue weighted by atomic mass is 10.0. The van der Waals surface area contributed by atoms with Crippen molar-refractivity contribution in [3.63, 3.8) is 0 Å². The van der Waals surface area contributed by atoms with Gasteiger partial charge >= 0.3 is 0 Å². The van der Waals surface area contributed by atoms with Crippen LogP contribution in [0.25, 0.3) is 22.0 Å². The maximum Gasteiger partial charge on any atom is 0.270 e. The Hall–Kier alpha value is -3.71. The molecule has 1 unspecified atom stereocenters. The summed E-state index contributed by atoms with van der Waals surface area (Å²) >= 11 is 0. The molecule has 0 saturated carbocycles. The zero-order chi connectivity index (χ0) is 23.4. The maximum absolute atomic E-state index is 13.2. The molecule has 4 aromatic rings. The van der Waals surface area contributed by atoms with E-state index in [4.69, 9.17) is 4.74 Å². The van der Waals surface area contributed by atoms with Gasteiger partial charge in [-0.25, -0.2) is 0 Å². The van der Waals surface area contributed by atoms with Gasteiger partial charge in [0, 0.05) is 29.9 Å². The monoisotopic (exact) mass is 443 g/mol. The number of amides is 1. The largest absolute Gasteiger partial charge is 0.497 e. The van der Waals surface area contributed by atoms with Crippen molar-refractivity contribution < 1.29 is 9.53 Å². The number of benzene rings is 2. The van der Waals surface area contributed by atoms with Gasteiger partial charge in [0.15, 0.2) is 0 Å². The number of carbonyl (C=O) groups is 1. The molecule has 3 N–H and O–H groups in total. The van der Waals surface area contributed by atoms with E-state index in [-0.39, 0.29) is 18.0 Å². The Morgan fingerprint density at radius 1 is 1.09 bits per heavy atom. The third-order valence-corrected chi connectivity index (χ3v) is 5.60. The molecule has 2 heterocycles. The van der Waals surface area contributed by atoms with Crippen molar-refractivity contribution in [2.45, 2.75) is 32.9 Å². The Bertz CT molecular complexity index is 1260. The first-order valence-corrected chi connectivity index (χ1v) is 11.0.